The fraction of sp³-hybridized carbons (Fsp3) is 0.368. The van der Waals surface area contributed by atoms with E-state index < -0.39 is 21.7 Å². The summed E-state index contributed by atoms with van der Waals surface area (Å²) in [5.41, 5.74) is 0.281. The van der Waals surface area contributed by atoms with Crippen LogP contribution in [0.4, 0.5) is 8.78 Å². The van der Waals surface area contributed by atoms with Crippen LogP contribution in [0.5, 0.6) is 11.5 Å². The number of halogens is 2. The molecular weight excluding hydrogens is 408 g/mol. The molecule has 2 aromatic rings. The summed E-state index contributed by atoms with van der Waals surface area (Å²) in [6, 6.07) is 7.96. The van der Waals surface area contributed by atoms with Gasteiger partial charge in [0.05, 0.1) is 4.90 Å². The van der Waals surface area contributed by atoms with Gasteiger partial charge < -0.3 is 9.47 Å². The number of rotatable bonds is 3. The van der Waals surface area contributed by atoms with Crippen molar-refractivity contribution in [3.63, 3.8) is 0 Å². The average molecular weight is 427 g/mol. The highest BCUT2D eigenvalue weighted by Gasteiger charge is 2.30. The largest absolute Gasteiger partial charge is 0.486 e. The van der Waals surface area contributed by atoms with Crippen molar-refractivity contribution in [1.29, 1.82) is 0 Å². The molecule has 4 rings (SSSR count). The normalized spacial score (nSPS) is 20.6. The molecular formula is C19H19F2NO4S2. The molecule has 150 valence electrons. The lowest BCUT2D eigenvalue weighted by atomic mass is 10.1. The molecule has 5 nitrogen and oxygen atoms in total. The van der Waals surface area contributed by atoms with Gasteiger partial charge >= 0.3 is 0 Å². The minimum absolute atomic E-state index is 0.136. The van der Waals surface area contributed by atoms with Gasteiger partial charge in [0.2, 0.25) is 10.0 Å². The number of thioether (sulfide) groups is 1. The Morgan fingerprint density at radius 2 is 1.79 bits per heavy atom. The van der Waals surface area contributed by atoms with Gasteiger partial charge in [-0.25, -0.2) is 17.2 Å². The smallest absolute Gasteiger partial charge is 0.243 e. The van der Waals surface area contributed by atoms with Crippen molar-refractivity contribution in [3.8, 4) is 11.5 Å². The monoisotopic (exact) mass is 427 g/mol. The molecule has 0 aliphatic carbocycles. The second kappa shape index (κ2) is 7.88. The van der Waals surface area contributed by atoms with Crippen molar-refractivity contribution < 1.29 is 26.7 Å². The molecule has 2 aliphatic rings. The quantitative estimate of drug-likeness (QED) is 0.749. The summed E-state index contributed by atoms with van der Waals surface area (Å²) in [5, 5.41) is -0.295. The van der Waals surface area contributed by atoms with Crippen molar-refractivity contribution >= 4 is 21.8 Å². The Balaban J connectivity index is 1.54. The van der Waals surface area contributed by atoms with Crippen LogP contribution >= 0.6 is 11.8 Å². The molecule has 1 atom stereocenters. The predicted octanol–water partition coefficient (Wildman–Crippen LogP) is 3.60. The number of hydrogen-bond donors (Lipinski definition) is 0. The number of benzene rings is 2. The molecule has 0 bridgehead atoms. The second-order valence-electron chi connectivity index (χ2n) is 6.52. The topological polar surface area (TPSA) is 55.8 Å². The Morgan fingerprint density at radius 1 is 1.00 bits per heavy atom. The van der Waals surface area contributed by atoms with Crippen molar-refractivity contribution in [2.24, 2.45) is 0 Å². The molecule has 0 aromatic heterocycles. The van der Waals surface area contributed by atoms with Gasteiger partial charge in [-0.05, 0) is 36.8 Å². The average Bonchev–Trinajstić information content (AvgIpc) is 2.96. The number of fused-ring (bicyclic) bond motifs is 1. The molecule has 1 unspecified atom stereocenters. The van der Waals surface area contributed by atoms with E-state index in [9.17, 15) is 17.2 Å². The summed E-state index contributed by atoms with van der Waals surface area (Å²) < 4.78 is 66.1. The van der Waals surface area contributed by atoms with Gasteiger partial charge in [-0.1, -0.05) is 0 Å². The molecule has 2 heterocycles. The number of sulfonamides is 1. The van der Waals surface area contributed by atoms with Crippen LogP contribution in [0.1, 0.15) is 17.2 Å². The molecule has 9 heteroatoms. The number of hydrogen-bond acceptors (Lipinski definition) is 5. The molecule has 0 spiro atoms. The Morgan fingerprint density at radius 3 is 2.61 bits per heavy atom. The van der Waals surface area contributed by atoms with Crippen molar-refractivity contribution in [1.82, 2.24) is 4.31 Å². The van der Waals surface area contributed by atoms with E-state index in [0.29, 0.717) is 43.4 Å². The zero-order valence-corrected chi connectivity index (χ0v) is 16.6. The fourth-order valence-corrected chi connectivity index (χ4v) is 6.16. The molecule has 2 aliphatic heterocycles. The van der Waals surface area contributed by atoms with E-state index in [1.54, 1.807) is 6.07 Å². The summed E-state index contributed by atoms with van der Waals surface area (Å²) in [5.74, 6) is 0.461. The van der Waals surface area contributed by atoms with Crippen LogP contribution in [0, 0.1) is 11.6 Å². The van der Waals surface area contributed by atoms with E-state index >= 15 is 0 Å². The predicted molar refractivity (Wildman–Crippen MR) is 102 cm³/mol. The molecule has 1 saturated heterocycles. The van der Waals surface area contributed by atoms with Crippen molar-refractivity contribution in [2.75, 3.05) is 32.1 Å². The first-order chi connectivity index (χ1) is 13.4. The molecule has 1 fully saturated rings. The first-order valence-corrected chi connectivity index (χ1v) is 11.4. The van der Waals surface area contributed by atoms with Crippen LogP contribution in [0.2, 0.25) is 0 Å². The first-order valence-electron chi connectivity index (χ1n) is 8.91. The van der Waals surface area contributed by atoms with Crippen LogP contribution in [-0.4, -0.2) is 44.8 Å². The lowest BCUT2D eigenvalue weighted by Gasteiger charge is -2.22. The van der Waals surface area contributed by atoms with Crippen LogP contribution in [0.3, 0.4) is 0 Å². The van der Waals surface area contributed by atoms with Gasteiger partial charge in [0, 0.05) is 35.7 Å². The summed E-state index contributed by atoms with van der Waals surface area (Å²) in [6.07, 6.45) is 0.398. The van der Waals surface area contributed by atoms with E-state index in [2.05, 4.69) is 0 Å². The van der Waals surface area contributed by atoms with Gasteiger partial charge in [-0.2, -0.15) is 16.1 Å². The van der Waals surface area contributed by atoms with Gasteiger partial charge in [-0.3, -0.25) is 0 Å². The maximum absolute atomic E-state index is 14.1. The standard InChI is InChI=1S/C19H19F2NO4S2/c20-13-1-3-16(21)15(11-13)19-5-6-22(7-10-27-19)28(23,24)14-2-4-17-18(12-14)26-9-8-25-17/h1-4,11-12,19H,5-10H2. The van der Waals surface area contributed by atoms with E-state index in [1.807, 2.05) is 0 Å². The Labute approximate surface area is 166 Å². The lowest BCUT2D eigenvalue weighted by molar-refractivity contribution is 0.171. The van der Waals surface area contributed by atoms with E-state index in [0.717, 1.165) is 12.1 Å². The van der Waals surface area contributed by atoms with Crippen LogP contribution in [0.25, 0.3) is 0 Å². The molecule has 0 saturated carbocycles. The minimum atomic E-state index is -3.73. The zero-order chi connectivity index (χ0) is 19.7. The van der Waals surface area contributed by atoms with E-state index in [-0.39, 0.29) is 22.3 Å². The third kappa shape index (κ3) is 3.83. The van der Waals surface area contributed by atoms with Crippen LogP contribution in [0.15, 0.2) is 41.3 Å². The molecule has 28 heavy (non-hydrogen) atoms. The number of nitrogens with zero attached hydrogens (tertiary/aromatic N) is 1. The molecule has 0 amide bonds. The first kappa shape index (κ1) is 19.5. The minimum Gasteiger partial charge on any atom is -0.486 e. The van der Waals surface area contributed by atoms with Crippen molar-refractivity contribution in [2.45, 2.75) is 16.6 Å². The molecule has 0 N–H and O–H groups in total. The Hall–Kier alpha value is -1.84. The fourth-order valence-electron chi connectivity index (χ4n) is 3.33. The zero-order valence-electron chi connectivity index (χ0n) is 14.9. The lowest BCUT2D eigenvalue weighted by Crippen LogP contribution is -2.33. The molecule has 2 aromatic carbocycles. The third-order valence-corrected chi connectivity index (χ3v) is 7.96. The highest BCUT2D eigenvalue weighted by atomic mass is 32.2. The van der Waals surface area contributed by atoms with Gasteiger partial charge in [0.15, 0.2) is 11.5 Å². The second-order valence-corrected chi connectivity index (χ2v) is 9.77. The highest BCUT2D eigenvalue weighted by molar-refractivity contribution is 7.99. The van der Waals surface area contributed by atoms with Gasteiger partial charge in [-0.15, -0.1) is 0 Å². The summed E-state index contributed by atoms with van der Waals surface area (Å²) >= 11 is 1.44. The van der Waals surface area contributed by atoms with E-state index in [4.69, 9.17) is 9.47 Å². The Kier molecular flexibility index (Phi) is 5.48. The maximum atomic E-state index is 14.1. The summed E-state index contributed by atoms with van der Waals surface area (Å²) in [4.78, 5) is 0.136. The number of ether oxygens (including phenoxy) is 2. The summed E-state index contributed by atoms with van der Waals surface area (Å²) in [6.45, 7) is 1.33. The van der Waals surface area contributed by atoms with Crippen molar-refractivity contribution in [3.05, 3.63) is 53.6 Å². The van der Waals surface area contributed by atoms with Gasteiger partial charge in [0.25, 0.3) is 0 Å². The van der Waals surface area contributed by atoms with E-state index in [1.165, 1.54) is 34.3 Å². The maximum Gasteiger partial charge on any atom is 0.243 e. The van der Waals surface area contributed by atoms with Gasteiger partial charge in [0.1, 0.15) is 24.8 Å². The SMILES string of the molecule is O=S(=O)(c1ccc2c(c1)OCCO2)N1CCSC(c2cc(F)ccc2F)CC1. The molecule has 0 radical (unpaired) electrons. The highest BCUT2D eigenvalue weighted by Crippen LogP contribution is 2.38. The third-order valence-electron chi connectivity index (χ3n) is 4.76. The van der Waals surface area contributed by atoms with Crippen LogP contribution in [-0.2, 0) is 10.0 Å². The Bertz CT molecular complexity index is 984. The van der Waals surface area contributed by atoms with Crippen LogP contribution < -0.4 is 9.47 Å². The summed E-state index contributed by atoms with van der Waals surface area (Å²) in [7, 11) is -3.73.